The number of alkyl halides is 3. The summed E-state index contributed by atoms with van der Waals surface area (Å²) < 4.78 is 47.0. The summed E-state index contributed by atoms with van der Waals surface area (Å²) in [6.07, 6.45) is -4.00. The van der Waals surface area contributed by atoms with E-state index < -0.39 is 23.9 Å². The molecule has 0 aliphatic carbocycles. The molecule has 1 heterocycles. The van der Waals surface area contributed by atoms with Gasteiger partial charge in [0.25, 0.3) is 11.8 Å². The van der Waals surface area contributed by atoms with E-state index >= 15 is 0 Å². The summed E-state index contributed by atoms with van der Waals surface area (Å²) in [5, 5.41) is 2.80. The van der Waals surface area contributed by atoms with E-state index in [-0.39, 0.29) is 23.5 Å². The number of ether oxygens (including phenoxy) is 2. The number of benzene rings is 2. The highest BCUT2D eigenvalue weighted by Gasteiger charge is 2.38. The fourth-order valence-electron chi connectivity index (χ4n) is 3.10. The molecule has 164 valence electrons. The number of nitrogens with zero attached hydrogens (tertiary/aromatic N) is 1. The van der Waals surface area contributed by atoms with E-state index in [2.05, 4.69) is 10.1 Å². The molecular formula is C22H21F3N2O4. The number of anilines is 1. The third-order valence-electron chi connectivity index (χ3n) is 4.44. The predicted molar refractivity (Wildman–Crippen MR) is 108 cm³/mol. The Hall–Kier alpha value is -3.49. The van der Waals surface area contributed by atoms with Gasteiger partial charge in [-0.1, -0.05) is 25.1 Å². The average molecular weight is 434 g/mol. The molecule has 2 aromatic carbocycles. The monoisotopic (exact) mass is 434 g/mol. The van der Waals surface area contributed by atoms with Crippen LogP contribution in [-0.4, -0.2) is 36.2 Å². The molecule has 2 aromatic rings. The van der Waals surface area contributed by atoms with Crippen LogP contribution < -0.4 is 14.8 Å². The van der Waals surface area contributed by atoms with Crippen LogP contribution in [-0.2, 0) is 9.59 Å². The number of amides is 2. The Labute approximate surface area is 177 Å². The maximum absolute atomic E-state index is 12.9. The van der Waals surface area contributed by atoms with Crippen LogP contribution in [0.3, 0.4) is 0 Å². The fourth-order valence-corrected chi connectivity index (χ4v) is 3.10. The molecule has 9 heteroatoms. The molecule has 0 spiro atoms. The van der Waals surface area contributed by atoms with Gasteiger partial charge in [0.05, 0.1) is 12.2 Å². The van der Waals surface area contributed by atoms with E-state index in [4.69, 9.17) is 4.74 Å². The highest BCUT2D eigenvalue weighted by atomic mass is 19.4. The SMILES string of the molecule is CCCOc1ccc(C2=C(Nc3cccc(OC(F)(F)F)c3)C(=O)N(CC)C2=O)cc1. The van der Waals surface area contributed by atoms with Crippen LogP contribution in [0.1, 0.15) is 25.8 Å². The summed E-state index contributed by atoms with van der Waals surface area (Å²) in [6.45, 7) is 4.34. The normalized spacial score (nSPS) is 14.3. The Morgan fingerprint density at radius 2 is 1.68 bits per heavy atom. The molecule has 0 aromatic heterocycles. The highest BCUT2D eigenvalue weighted by molar-refractivity contribution is 6.36. The van der Waals surface area contributed by atoms with Gasteiger partial charge in [-0.05, 0) is 43.2 Å². The zero-order valence-corrected chi connectivity index (χ0v) is 17.0. The van der Waals surface area contributed by atoms with Crippen LogP contribution in [0.15, 0.2) is 54.2 Å². The van der Waals surface area contributed by atoms with E-state index in [1.807, 2.05) is 6.92 Å². The van der Waals surface area contributed by atoms with Crippen molar-refractivity contribution in [1.82, 2.24) is 4.90 Å². The number of hydrogen-bond donors (Lipinski definition) is 1. The first-order valence-corrected chi connectivity index (χ1v) is 9.70. The third-order valence-corrected chi connectivity index (χ3v) is 4.44. The Balaban J connectivity index is 1.96. The van der Waals surface area contributed by atoms with Gasteiger partial charge in [-0.2, -0.15) is 0 Å². The van der Waals surface area contributed by atoms with Crippen LogP contribution in [0.2, 0.25) is 0 Å². The molecule has 1 N–H and O–H groups in total. The van der Waals surface area contributed by atoms with E-state index in [1.54, 1.807) is 31.2 Å². The number of hydrogen-bond acceptors (Lipinski definition) is 5. The molecule has 0 fully saturated rings. The minimum atomic E-state index is -4.84. The standard InChI is InChI=1S/C22H21F3N2O4/c1-3-12-30-16-10-8-14(9-11-16)18-19(21(29)27(4-2)20(18)28)26-15-6-5-7-17(13-15)31-22(23,24)25/h5-11,13,26H,3-4,12H2,1-2H3. The van der Waals surface area contributed by atoms with Crippen molar-refractivity contribution in [2.45, 2.75) is 26.6 Å². The number of rotatable bonds is 8. The van der Waals surface area contributed by atoms with Gasteiger partial charge in [0.1, 0.15) is 17.2 Å². The molecule has 0 saturated heterocycles. The molecule has 0 radical (unpaired) electrons. The van der Waals surface area contributed by atoms with Crippen molar-refractivity contribution in [3.05, 3.63) is 59.8 Å². The van der Waals surface area contributed by atoms with Crippen LogP contribution in [0.4, 0.5) is 18.9 Å². The van der Waals surface area contributed by atoms with Crippen LogP contribution >= 0.6 is 0 Å². The number of nitrogens with one attached hydrogen (secondary N) is 1. The van der Waals surface area contributed by atoms with Crippen molar-refractivity contribution in [2.24, 2.45) is 0 Å². The quantitative estimate of drug-likeness (QED) is 0.616. The topological polar surface area (TPSA) is 67.9 Å². The van der Waals surface area contributed by atoms with Gasteiger partial charge in [0, 0.05) is 18.3 Å². The Morgan fingerprint density at radius 1 is 0.968 bits per heavy atom. The smallest absolute Gasteiger partial charge is 0.494 e. The summed E-state index contributed by atoms with van der Waals surface area (Å²) in [5.74, 6) is -0.862. The zero-order chi connectivity index (χ0) is 22.6. The van der Waals surface area contributed by atoms with Crippen LogP contribution in [0, 0.1) is 0 Å². The number of likely N-dealkylation sites (N-methyl/N-ethyl adjacent to an activating group) is 1. The van der Waals surface area contributed by atoms with Crippen molar-refractivity contribution < 1.29 is 32.2 Å². The first kappa shape index (κ1) is 22.2. The first-order chi connectivity index (χ1) is 14.7. The van der Waals surface area contributed by atoms with Crippen molar-refractivity contribution in [3.8, 4) is 11.5 Å². The molecule has 6 nitrogen and oxygen atoms in total. The Bertz CT molecular complexity index is 1000. The van der Waals surface area contributed by atoms with Crippen molar-refractivity contribution in [1.29, 1.82) is 0 Å². The van der Waals surface area contributed by atoms with Gasteiger partial charge in [0.15, 0.2) is 0 Å². The molecule has 3 rings (SSSR count). The number of carbonyl (C=O) groups is 2. The lowest BCUT2D eigenvalue weighted by Crippen LogP contribution is -2.32. The lowest BCUT2D eigenvalue weighted by molar-refractivity contribution is -0.274. The van der Waals surface area contributed by atoms with Gasteiger partial charge < -0.3 is 14.8 Å². The first-order valence-electron chi connectivity index (χ1n) is 9.70. The molecular weight excluding hydrogens is 413 g/mol. The summed E-state index contributed by atoms with van der Waals surface area (Å²) in [7, 11) is 0. The van der Waals surface area contributed by atoms with E-state index in [9.17, 15) is 22.8 Å². The third kappa shape index (κ3) is 5.17. The predicted octanol–water partition coefficient (Wildman–Crippen LogP) is 4.59. The molecule has 1 aliphatic rings. The summed E-state index contributed by atoms with van der Waals surface area (Å²) >= 11 is 0. The molecule has 1 aliphatic heterocycles. The minimum absolute atomic E-state index is 0.0155. The maximum atomic E-state index is 12.9. The van der Waals surface area contributed by atoms with Crippen LogP contribution in [0.25, 0.3) is 5.57 Å². The molecule has 2 amide bonds. The summed E-state index contributed by atoms with van der Waals surface area (Å²) in [5.41, 5.74) is 0.786. The highest BCUT2D eigenvalue weighted by Crippen LogP contribution is 2.32. The van der Waals surface area contributed by atoms with Crippen molar-refractivity contribution in [2.75, 3.05) is 18.5 Å². The molecule has 0 atom stereocenters. The van der Waals surface area contributed by atoms with E-state index in [1.165, 1.54) is 12.1 Å². The Morgan fingerprint density at radius 3 is 2.29 bits per heavy atom. The largest absolute Gasteiger partial charge is 0.573 e. The fraction of sp³-hybridized carbons (Fsp3) is 0.273. The van der Waals surface area contributed by atoms with Gasteiger partial charge >= 0.3 is 6.36 Å². The van der Waals surface area contributed by atoms with E-state index in [0.29, 0.717) is 17.9 Å². The van der Waals surface area contributed by atoms with Gasteiger partial charge in [0.2, 0.25) is 0 Å². The lowest BCUT2D eigenvalue weighted by Gasteiger charge is -2.13. The second kappa shape index (κ2) is 9.11. The summed E-state index contributed by atoms with van der Waals surface area (Å²) in [4.78, 5) is 26.7. The number of imide groups is 1. The summed E-state index contributed by atoms with van der Waals surface area (Å²) in [6, 6.07) is 11.8. The van der Waals surface area contributed by atoms with Gasteiger partial charge in [-0.3, -0.25) is 14.5 Å². The second-order valence-electron chi connectivity index (χ2n) is 6.68. The van der Waals surface area contributed by atoms with Gasteiger partial charge in [-0.15, -0.1) is 13.2 Å². The minimum Gasteiger partial charge on any atom is -0.494 e. The second-order valence-corrected chi connectivity index (χ2v) is 6.68. The molecule has 0 saturated carbocycles. The van der Waals surface area contributed by atoms with Crippen molar-refractivity contribution in [3.63, 3.8) is 0 Å². The average Bonchev–Trinajstić information content (AvgIpc) is 2.95. The Kier molecular flexibility index (Phi) is 6.53. The van der Waals surface area contributed by atoms with Crippen LogP contribution in [0.5, 0.6) is 11.5 Å². The molecule has 0 unspecified atom stereocenters. The maximum Gasteiger partial charge on any atom is 0.573 e. The number of halogens is 3. The molecule has 31 heavy (non-hydrogen) atoms. The zero-order valence-electron chi connectivity index (χ0n) is 17.0. The lowest BCUT2D eigenvalue weighted by atomic mass is 10.0. The van der Waals surface area contributed by atoms with E-state index in [0.717, 1.165) is 23.5 Å². The molecule has 0 bridgehead atoms. The van der Waals surface area contributed by atoms with Crippen molar-refractivity contribution >= 4 is 23.1 Å². The number of carbonyl (C=O) groups excluding carboxylic acids is 2. The van der Waals surface area contributed by atoms with Gasteiger partial charge in [-0.25, -0.2) is 0 Å².